The van der Waals surface area contributed by atoms with E-state index in [1.54, 1.807) is 12.4 Å². The van der Waals surface area contributed by atoms with Crippen LogP contribution in [0.25, 0.3) is 21.9 Å². The van der Waals surface area contributed by atoms with Gasteiger partial charge >= 0.3 is 12.1 Å². The number of rotatable bonds is 6. The molecule has 0 fully saturated rings. The summed E-state index contributed by atoms with van der Waals surface area (Å²) in [5.74, 6) is -1.22. The average molecular weight is 453 g/mol. The number of carboxylic acid groups (broad SMARTS) is 1. The Balaban J connectivity index is 1.30. The van der Waals surface area contributed by atoms with Gasteiger partial charge in [-0.2, -0.15) is 0 Å². The van der Waals surface area contributed by atoms with Crippen molar-refractivity contribution < 1.29 is 19.4 Å². The molecule has 0 bridgehead atoms. The Morgan fingerprint density at radius 1 is 1.00 bits per heavy atom. The van der Waals surface area contributed by atoms with Gasteiger partial charge in [0, 0.05) is 30.1 Å². The van der Waals surface area contributed by atoms with Crippen molar-refractivity contribution in [2.45, 2.75) is 25.3 Å². The number of hydrogen-bond donors (Lipinski definition) is 2. The molecular formula is C28H24N2O4. The van der Waals surface area contributed by atoms with Gasteiger partial charge in [0.1, 0.15) is 12.6 Å². The first-order valence-electron chi connectivity index (χ1n) is 11.2. The highest BCUT2D eigenvalue weighted by atomic mass is 16.5. The van der Waals surface area contributed by atoms with Gasteiger partial charge in [0.25, 0.3) is 0 Å². The molecule has 1 heterocycles. The lowest BCUT2D eigenvalue weighted by Gasteiger charge is -2.18. The van der Waals surface area contributed by atoms with Crippen LogP contribution in [0.1, 0.15) is 28.2 Å². The van der Waals surface area contributed by atoms with Crippen molar-refractivity contribution in [2.24, 2.45) is 0 Å². The Morgan fingerprint density at radius 3 is 2.62 bits per heavy atom. The fourth-order valence-corrected chi connectivity index (χ4v) is 4.71. The minimum absolute atomic E-state index is 0.0944. The van der Waals surface area contributed by atoms with Crippen LogP contribution < -0.4 is 5.32 Å². The number of aromatic nitrogens is 1. The second-order valence-electron chi connectivity index (χ2n) is 8.59. The second-order valence-corrected chi connectivity index (χ2v) is 8.59. The fraction of sp³-hybridized carbons (Fsp3) is 0.179. The first-order valence-corrected chi connectivity index (χ1v) is 11.2. The Bertz CT molecular complexity index is 1390. The highest BCUT2D eigenvalue weighted by Crippen LogP contribution is 2.45. The standard InChI is InChI=1S/C28H24N2O4/c1-17-10-11-23-24(12-17)21-8-4-5-9-22(21)25(23)16-34-28(33)30-26(27(31)32)13-19-15-29-14-18-6-2-3-7-20(18)19/h2-12,14-15,25-26H,13,16H2,1H3,(H,30,33)(H,31,32)/t25?,26-/m0/s1. The van der Waals surface area contributed by atoms with Crippen LogP contribution >= 0.6 is 0 Å². The van der Waals surface area contributed by atoms with Crippen molar-refractivity contribution in [1.29, 1.82) is 0 Å². The number of carbonyl (C=O) groups excluding carboxylic acids is 1. The number of fused-ring (bicyclic) bond motifs is 4. The normalized spacial score (nSPS) is 14.8. The van der Waals surface area contributed by atoms with E-state index in [4.69, 9.17) is 4.74 Å². The summed E-state index contributed by atoms with van der Waals surface area (Å²) in [4.78, 5) is 28.7. The SMILES string of the molecule is Cc1ccc2c(c1)-c1ccccc1C2COC(=O)N[C@@H](Cc1cncc2ccccc12)C(=O)O. The molecule has 1 aliphatic rings. The minimum Gasteiger partial charge on any atom is -0.480 e. The number of nitrogens with one attached hydrogen (secondary N) is 1. The highest BCUT2D eigenvalue weighted by Gasteiger charge is 2.30. The smallest absolute Gasteiger partial charge is 0.407 e. The van der Waals surface area contributed by atoms with E-state index in [0.717, 1.165) is 38.6 Å². The lowest BCUT2D eigenvalue weighted by atomic mass is 9.97. The predicted molar refractivity (Wildman–Crippen MR) is 130 cm³/mol. The highest BCUT2D eigenvalue weighted by molar-refractivity contribution is 5.86. The van der Waals surface area contributed by atoms with Crippen LogP contribution in [0.3, 0.4) is 0 Å². The van der Waals surface area contributed by atoms with Crippen LogP contribution in [0.15, 0.2) is 79.1 Å². The Morgan fingerprint density at radius 2 is 1.76 bits per heavy atom. The number of aryl methyl sites for hydroxylation is 1. The molecule has 6 nitrogen and oxygen atoms in total. The largest absolute Gasteiger partial charge is 0.480 e. The van der Waals surface area contributed by atoms with Crippen LogP contribution in [0.2, 0.25) is 0 Å². The number of amides is 1. The fourth-order valence-electron chi connectivity index (χ4n) is 4.71. The van der Waals surface area contributed by atoms with E-state index in [9.17, 15) is 14.7 Å². The maximum atomic E-state index is 12.6. The molecule has 6 heteroatoms. The minimum atomic E-state index is -1.13. The third-order valence-corrected chi connectivity index (χ3v) is 6.36. The molecule has 34 heavy (non-hydrogen) atoms. The molecule has 5 rings (SSSR count). The quantitative estimate of drug-likeness (QED) is 0.426. The number of nitrogens with zero attached hydrogens (tertiary/aromatic N) is 1. The topological polar surface area (TPSA) is 88.5 Å². The van der Waals surface area contributed by atoms with Crippen LogP contribution in [0.5, 0.6) is 0 Å². The first-order chi connectivity index (χ1) is 16.5. The molecule has 2 atom stereocenters. The molecule has 1 amide bonds. The molecule has 0 saturated carbocycles. The van der Waals surface area contributed by atoms with E-state index in [1.165, 1.54) is 5.56 Å². The first kappa shape index (κ1) is 21.6. The maximum absolute atomic E-state index is 12.6. The average Bonchev–Trinajstić information content (AvgIpc) is 3.15. The van der Waals surface area contributed by atoms with Gasteiger partial charge in [-0.3, -0.25) is 4.98 Å². The van der Waals surface area contributed by atoms with Crippen molar-refractivity contribution in [3.8, 4) is 11.1 Å². The number of benzene rings is 3. The summed E-state index contributed by atoms with van der Waals surface area (Å²) in [6.07, 6.45) is 2.72. The van der Waals surface area contributed by atoms with Crippen molar-refractivity contribution in [1.82, 2.24) is 10.3 Å². The van der Waals surface area contributed by atoms with Gasteiger partial charge in [-0.1, -0.05) is 72.3 Å². The van der Waals surface area contributed by atoms with Crippen molar-refractivity contribution in [3.63, 3.8) is 0 Å². The van der Waals surface area contributed by atoms with Gasteiger partial charge in [-0.15, -0.1) is 0 Å². The van der Waals surface area contributed by atoms with Gasteiger partial charge in [0.05, 0.1) is 0 Å². The monoisotopic (exact) mass is 452 g/mol. The van der Waals surface area contributed by atoms with Crippen molar-refractivity contribution >= 4 is 22.8 Å². The molecule has 1 aliphatic carbocycles. The molecule has 4 aromatic rings. The van der Waals surface area contributed by atoms with E-state index < -0.39 is 18.1 Å². The number of carboxylic acids is 1. The Labute approximate surface area is 197 Å². The van der Waals surface area contributed by atoms with Crippen molar-refractivity contribution in [2.75, 3.05) is 6.61 Å². The van der Waals surface area contributed by atoms with E-state index in [0.29, 0.717) is 0 Å². The maximum Gasteiger partial charge on any atom is 0.407 e. The van der Waals surface area contributed by atoms with E-state index in [-0.39, 0.29) is 18.9 Å². The Kier molecular flexibility index (Phi) is 5.72. The summed E-state index contributed by atoms with van der Waals surface area (Å²) in [7, 11) is 0. The molecule has 3 aromatic carbocycles. The number of aliphatic carboxylic acids is 1. The zero-order valence-corrected chi connectivity index (χ0v) is 18.7. The number of hydrogen-bond acceptors (Lipinski definition) is 4. The van der Waals surface area contributed by atoms with Gasteiger partial charge in [-0.05, 0) is 40.1 Å². The van der Waals surface area contributed by atoms with Crippen LogP contribution in [0.4, 0.5) is 4.79 Å². The lowest BCUT2D eigenvalue weighted by Crippen LogP contribution is -2.43. The van der Waals surface area contributed by atoms with Crippen LogP contribution in [-0.4, -0.2) is 34.8 Å². The summed E-state index contributed by atoms with van der Waals surface area (Å²) in [6, 6.07) is 20.9. The summed E-state index contributed by atoms with van der Waals surface area (Å²) in [5.41, 5.74) is 6.42. The van der Waals surface area contributed by atoms with Gasteiger partial charge in [0.15, 0.2) is 0 Å². The molecule has 1 unspecified atom stereocenters. The predicted octanol–water partition coefficient (Wildman–Crippen LogP) is 5.08. The van der Waals surface area contributed by atoms with Crippen LogP contribution in [0, 0.1) is 6.92 Å². The lowest BCUT2D eigenvalue weighted by molar-refractivity contribution is -0.139. The molecule has 0 spiro atoms. The number of alkyl carbamates (subject to hydrolysis) is 1. The molecule has 0 saturated heterocycles. The molecule has 0 radical (unpaired) electrons. The van der Waals surface area contributed by atoms with E-state index in [1.807, 2.05) is 42.5 Å². The third-order valence-electron chi connectivity index (χ3n) is 6.36. The van der Waals surface area contributed by atoms with Crippen LogP contribution in [-0.2, 0) is 16.0 Å². The van der Waals surface area contributed by atoms with E-state index >= 15 is 0 Å². The Hall–Kier alpha value is -4.19. The molecule has 170 valence electrons. The molecule has 2 N–H and O–H groups in total. The van der Waals surface area contributed by atoms with Gasteiger partial charge in [0.2, 0.25) is 0 Å². The molecule has 0 aliphatic heterocycles. The third kappa shape index (κ3) is 4.10. The van der Waals surface area contributed by atoms with Gasteiger partial charge < -0.3 is 15.2 Å². The second kappa shape index (κ2) is 8.98. The van der Waals surface area contributed by atoms with Crippen molar-refractivity contribution in [3.05, 3.63) is 101 Å². The molecular weight excluding hydrogens is 428 g/mol. The summed E-state index contributed by atoms with van der Waals surface area (Å²) < 4.78 is 5.55. The zero-order chi connectivity index (χ0) is 23.7. The number of carbonyl (C=O) groups is 2. The number of pyridine rings is 1. The summed E-state index contributed by atoms with van der Waals surface area (Å²) >= 11 is 0. The van der Waals surface area contributed by atoms with E-state index in [2.05, 4.69) is 41.5 Å². The summed E-state index contributed by atoms with van der Waals surface area (Å²) in [6.45, 7) is 2.18. The molecule has 1 aromatic heterocycles. The number of ether oxygens (including phenoxy) is 1. The van der Waals surface area contributed by atoms with Gasteiger partial charge in [-0.25, -0.2) is 9.59 Å². The summed E-state index contributed by atoms with van der Waals surface area (Å²) in [5, 5.41) is 14.1. The zero-order valence-electron chi connectivity index (χ0n) is 18.7.